The number of ketones is 1. The van der Waals surface area contributed by atoms with Crippen molar-refractivity contribution in [3.05, 3.63) is 70.2 Å². The van der Waals surface area contributed by atoms with Crippen molar-refractivity contribution in [2.24, 2.45) is 0 Å². The van der Waals surface area contributed by atoms with Gasteiger partial charge in [-0.15, -0.1) is 0 Å². The normalized spacial score (nSPS) is 13.9. The first-order valence-corrected chi connectivity index (χ1v) is 5.84. The number of hydrogen-bond donors (Lipinski definition) is 0. The number of halogens is 1. The highest BCUT2D eigenvalue weighted by atomic mass is 19.1. The highest BCUT2D eigenvalue weighted by Gasteiger charge is 2.37. The summed E-state index contributed by atoms with van der Waals surface area (Å²) >= 11 is 0. The Morgan fingerprint density at radius 1 is 1.11 bits per heavy atom. The molecule has 19 heavy (non-hydrogen) atoms. The van der Waals surface area contributed by atoms with Gasteiger partial charge in [0, 0.05) is 6.07 Å². The van der Waals surface area contributed by atoms with Gasteiger partial charge in [-0.25, -0.2) is 4.39 Å². The largest absolute Gasteiger partial charge is 0.618 e. The van der Waals surface area contributed by atoms with Gasteiger partial charge in [0.05, 0.1) is 5.56 Å². The van der Waals surface area contributed by atoms with Crippen LogP contribution in [0.4, 0.5) is 10.1 Å². The van der Waals surface area contributed by atoms with E-state index >= 15 is 0 Å². The van der Waals surface area contributed by atoms with Gasteiger partial charge in [0.1, 0.15) is 11.4 Å². The van der Waals surface area contributed by atoms with Crippen LogP contribution in [0.25, 0.3) is 0 Å². The van der Waals surface area contributed by atoms with Crippen LogP contribution in [0.1, 0.15) is 21.5 Å². The molecule has 1 heterocycles. The summed E-state index contributed by atoms with van der Waals surface area (Å²) < 4.78 is 14.3. The Morgan fingerprint density at radius 2 is 1.84 bits per heavy atom. The van der Waals surface area contributed by atoms with Crippen molar-refractivity contribution < 1.29 is 13.9 Å². The number of fused-ring (bicyclic) bond motifs is 1. The lowest BCUT2D eigenvalue weighted by atomic mass is 10.0. The van der Waals surface area contributed by atoms with Gasteiger partial charge in [-0.3, -0.25) is 4.79 Å². The topological polar surface area (TPSA) is 43.1 Å². The molecule has 0 atom stereocenters. The third-order valence-corrected chi connectivity index (χ3v) is 3.16. The molecule has 2 aromatic rings. The molecule has 0 fully saturated rings. The average Bonchev–Trinajstić information content (AvgIpc) is 2.63. The minimum absolute atomic E-state index is 0.0383. The summed E-state index contributed by atoms with van der Waals surface area (Å²) in [6.07, 6.45) is 0. The zero-order valence-electron chi connectivity index (χ0n) is 10.2. The van der Waals surface area contributed by atoms with Crippen LogP contribution in [-0.2, 0) is 0 Å². The van der Waals surface area contributed by atoms with Gasteiger partial charge in [-0.05, 0) is 30.7 Å². The summed E-state index contributed by atoms with van der Waals surface area (Å²) in [5.74, 6) is -1.00. The second-order valence-corrected chi connectivity index (χ2v) is 4.47. The number of aryl methyl sites for hydroxylation is 1. The molecule has 1 aliphatic rings. The van der Waals surface area contributed by atoms with Gasteiger partial charge in [0.15, 0.2) is 0 Å². The van der Waals surface area contributed by atoms with E-state index < -0.39 is 11.6 Å². The Balaban J connectivity index is 2.24. The van der Waals surface area contributed by atoms with Gasteiger partial charge in [-0.1, -0.05) is 18.2 Å². The maximum Gasteiger partial charge on any atom is 0.275 e. The Labute approximate surface area is 109 Å². The van der Waals surface area contributed by atoms with Crippen LogP contribution >= 0.6 is 0 Å². The second-order valence-electron chi connectivity index (χ2n) is 4.47. The highest BCUT2D eigenvalue weighted by molar-refractivity contribution is 6.52. The third-order valence-electron chi connectivity index (χ3n) is 3.16. The van der Waals surface area contributed by atoms with Crippen molar-refractivity contribution in [3.63, 3.8) is 0 Å². The third kappa shape index (κ3) is 1.64. The quantitative estimate of drug-likeness (QED) is 0.580. The summed E-state index contributed by atoms with van der Waals surface area (Å²) in [6.45, 7) is 1.84. The van der Waals surface area contributed by atoms with Crippen molar-refractivity contribution >= 4 is 17.2 Å². The first kappa shape index (κ1) is 11.6. The predicted octanol–water partition coefficient (Wildman–Crippen LogP) is 2.96. The maximum atomic E-state index is 13.8. The molecule has 0 bridgehead atoms. The molecule has 0 aromatic heterocycles. The van der Waals surface area contributed by atoms with E-state index in [1.165, 1.54) is 18.2 Å². The van der Waals surface area contributed by atoms with E-state index in [1.807, 2.05) is 6.92 Å². The summed E-state index contributed by atoms with van der Waals surface area (Å²) in [4.78, 5) is 12.3. The fourth-order valence-corrected chi connectivity index (χ4v) is 2.23. The molecule has 94 valence electrons. The molecule has 3 rings (SSSR count). The summed E-state index contributed by atoms with van der Waals surface area (Å²) in [5, 5.41) is 12.2. The maximum absolute atomic E-state index is 13.8. The molecule has 0 radical (unpaired) electrons. The van der Waals surface area contributed by atoms with Crippen LogP contribution in [0.15, 0.2) is 42.5 Å². The van der Waals surface area contributed by atoms with E-state index in [0.29, 0.717) is 10.3 Å². The number of carbonyl (C=O) groups is 1. The smallest absolute Gasteiger partial charge is 0.275 e. The second kappa shape index (κ2) is 4.02. The van der Waals surface area contributed by atoms with Crippen molar-refractivity contribution in [1.82, 2.24) is 0 Å². The van der Waals surface area contributed by atoms with Crippen molar-refractivity contribution in [3.8, 4) is 0 Å². The first-order valence-electron chi connectivity index (χ1n) is 5.84. The van der Waals surface area contributed by atoms with E-state index in [2.05, 4.69) is 0 Å². The molecule has 1 aliphatic heterocycles. The molecule has 0 saturated carbocycles. The fourth-order valence-electron chi connectivity index (χ4n) is 2.23. The minimum atomic E-state index is -0.573. The molecule has 3 nitrogen and oxygen atoms in total. The Kier molecular flexibility index (Phi) is 2.45. The van der Waals surface area contributed by atoms with Crippen molar-refractivity contribution in [1.29, 1.82) is 0 Å². The van der Waals surface area contributed by atoms with E-state index in [4.69, 9.17) is 0 Å². The van der Waals surface area contributed by atoms with Crippen molar-refractivity contribution in [2.45, 2.75) is 6.92 Å². The van der Waals surface area contributed by atoms with Crippen LogP contribution in [0.2, 0.25) is 0 Å². The standard InChI is InChI=1S/C15H10FNO2/c1-9-6-7-13-11(8-9)15(18)14(17(13)19)10-4-2-3-5-12(10)16/h2-8H,1H3. The Morgan fingerprint density at radius 3 is 2.58 bits per heavy atom. The van der Waals surface area contributed by atoms with Crippen LogP contribution < -0.4 is 0 Å². The van der Waals surface area contributed by atoms with Gasteiger partial charge in [-0.2, -0.15) is 4.74 Å². The monoisotopic (exact) mass is 255 g/mol. The highest BCUT2D eigenvalue weighted by Crippen LogP contribution is 2.29. The summed E-state index contributed by atoms with van der Waals surface area (Å²) in [5.41, 5.74) is 1.37. The van der Waals surface area contributed by atoms with Crippen LogP contribution in [0.5, 0.6) is 0 Å². The molecule has 4 heteroatoms. The molecule has 0 N–H and O–H groups in total. The molecular weight excluding hydrogens is 245 g/mol. The molecule has 0 unspecified atom stereocenters. The number of rotatable bonds is 1. The minimum Gasteiger partial charge on any atom is -0.618 e. The SMILES string of the molecule is Cc1ccc2c(c1)C(=O)C(c1ccccc1F)=[N+]2[O-]. The molecule has 0 saturated heterocycles. The summed E-state index contributed by atoms with van der Waals surface area (Å²) in [6, 6.07) is 10.8. The number of benzene rings is 2. The number of hydrogen-bond acceptors (Lipinski definition) is 2. The van der Waals surface area contributed by atoms with Crippen LogP contribution in [-0.4, -0.2) is 16.2 Å². The molecule has 0 spiro atoms. The van der Waals surface area contributed by atoms with E-state index in [1.54, 1.807) is 24.3 Å². The fraction of sp³-hybridized carbons (Fsp3) is 0.0667. The van der Waals surface area contributed by atoms with Gasteiger partial charge in [0.2, 0.25) is 5.69 Å². The van der Waals surface area contributed by atoms with E-state index in [0.717, 1.165) is 5.56 Å². The van der Waals surface area contributed by atoms with E-state index in [9.17, 15) is 14.4 Å². The van der Waals surface area contributed by atoms with Gasteiger partial charge >= 0.3 is 0 Å². The molecule has 0 aliphatic carbocycles. The molecular formula is C15H10FNO2. The average molecular weight is 255 g/mol. The lowest BCUT2D eigenvalue weighted by molar-refractivity contribution is -0.355. The Bertz CT molecular complexity index is 735. The zero-order valence-corrected chi connectivity index (χ0v) is 10.2. The molecule has 2 aromatic carbocycles. The number of nitrogens with zero attached hydrogens (tertiary/aromatic N) is 1. The molecule has 0 amide bonds. The van der Waals surface area contributed by atoms with Gasteiger partial charge in [0.25, 0.3) is 11.5 Å². The zero-order chi connectivity index (χ0) is 13.6. The van der Waals surface area contributed by atoms with Crippen LogP contribution in [0.3, 0.4) is 0 Å². The number of carbonyl (C=O) groups excluding carboxylic acids is 1. The number of Topliss-reactive ketones (excluding diaryl/α,β-unsaturated/α-hetero) is 1. The Hall–Kier alpha value is -2.49. The predicted molar refractivity (Wildman–Crippen MR) is 69.3 cm³/mol. The van der Waals surface area contributed by atoms with E-state index in [-0.39, 0.29) is 17.0 Å². The van der Waals surface area contributed by atoms with Crippen molar-refractivity contribution in [2.75, 3.05) is 0 Å². The van der Waals surface area contributed by atoms with Crippen LogP contribution in [0, 0.1) is 17.9 Å². The lowest BCUT2D eigenvalue weighted by Crippen LogP contribution is -2.18. The first-order chi connectivity index (χ1) is 9.09. The lowest BCUT2D eigenvalue weighted by Gasteiger charge is -2.02. The van der Waals surface area contributed by atoms with Gasteiger partial charge < -0.3 is 5.21 Å². The summed E-state index contributed by atoms with van der Waals surface area (Å²) in [7, 11) is 0.